The van der Waals surface area contributed by atoms with E-state index in [1.165, 1.54) is 10.9 Å². The highest BCUT2D eigenvalue weighted by Gasteiger charge is 2.25. The number of nitrogens with one attached hydrogen (secondary N) is 1. The van der Waals surface area contributed by atoms with Gasteiger partial charge in [-0.2, -0.15) is 0 Å². The van der Waals surface area contributed by atoms with Gasteiger partial charge < -0.3 is 19.9 Å². The zero-order valence-electron chi connectivity index (χ0n) is 22.0. The van der Waals surface area contributed by atoms with Crippen LogP contribution in [-0.4, -0.2) is 43.6 Å². The van der Waals surface area contributed by atoms with Crippen LogP contribution in [-0.2, 0) is 6.54 Å². The van der Waals surface area contributed by atoms with Crippen molar-refractivity contribution < 1.29 is 19.4 Å². The lowest BCUT2D eigenvalue weighted by atomic mass is 10.2. The summed E-state index contributed by atoms with van der Waals surface area (Å²) in [7, 11) is 1.59. The number of carbonyl (C=O) groups is 1. The Balaban J connectivity index is 1.40. The van der Waals surface area contributed by atoms with Gasteiger partial charge in [-0.15, -0.1) is 0 Å². The maximum absolute atomic E-state index is 13.4. The molecule has 2 aromatic carbocycles. The number of pyridine rings is 2. The minimum Gasteiger partial charge on any atom is -0.497 e. The van der Waals surface area contributed by atoms with Crippen LogP contribution in [0.1, 0.15) is 23.0 Å². The smallest absolute Gasteiger partial charge is 0.284 e. The first-order chi connectivity index (χ1) is 19.2. The van der Waals surface area contributed by atoms with Crippen LogP contribution in [0, 0.1) is 6.92 Å². The van der Waals surface area contributed by atoms with Gasteiger partial charge in [-0.3, -0.25) is 19.3 Å². The van der Waals surface area contributed by atoms with E-state index in [-0.39, 0.29) is 17.9 Å². The summed E-state index contributed by atoms with van der Waals surface area (Å²) < 4.78 is 14.2. The molecular weight excluding hydrogens is 534 g/mol. The number of hydrogen-bond donors (Lipinski definition) is 2. The highest BCUT2D eigenvalue weighted by molar-refractivity contribution is 6.30. The van der Waals surface area contributed by atoms with E-state index in [1.807, 2.05) is 18.2 Å². The number of carbonyl (C=O) groups excluding carboxylic acids is 1. The lowest BCUT2D eigenvalue weighted by Crippen LogP contribution is -2.27. The number of rotatable bonds is 8. The SMILES string of the molecule is COc1ccc2c(Oc3ccc(NC(=O)c4c(C)n(CC(C)O)n(-c5cccc(Cl)c5)c4=O)nc3)ccnc2c1. The van der Waals surface area contributed by atoms with E-state index in [4.69, 9.17) is 21.1 Å². The van der Waals surface area contributed by atoms with E-state index in [1.54, 1.807) is 74.3 Å². The third kappa shape index (κ3) is 5.40. The lowest BCUT2D eigenvalue weighted by Gasteiger charge is -2.15. The van der Waals surface area contributed by atoms with Gasteiger partial charge in [0.15, 0.2) is 0 Å². The molecule has 0 saturated carbocycles. The molecule has 2 N–H and O–H groups in total. The molecule has 40 heavy (non-hydrogen) atoms. The van der Waals surface area contributed by atoms with Gasteiger partial charge in [-0.1, -0.05) is 17.7 Å². The minimum absolute atomic E-state index is 0.0681. The highest BCUT2D eigenvalue weighted by atomic mass is 35.5. The second-order valence-electron chi connectivity index (χ2n) is 9.12. The van der Waals surface area contributed by atoms with Crippen molar-refractivity contribution in [2.24, 2.45) is 0 Å². The molecular formula is C29H26ClN5O5. The molecule has 3 aromatic heterocycles. The van der Waals surface area contributed by atoms with Crippen molar-refractivity contribution in [3.8, 4) is 22.9 Å². The number of aliphatic hydroxyl groups excluding tert-OH is 1. The number of aromatic nitrogens is 4. The van der Waals surface area contributed by atoms with Crippen LogP contribution in [0.4, 0.5) is 5.82 Å². The molecule has 0 spiro atoms. The maximum Gasteiger partial charge on any atom is 0.284 e. The van der Waals surface area contributed by atoms with Gasteiger partial charge in [0, 0.05) is 22.7 Å². The van der Waals surface area contributed by atoms with Gasteiger partial charge in [0.2, 0.25) is 0 Å². The number of fused-ring (bicyclic) bond motifs is 1. The molecule has 204 valence electrons. The number of halogens is 1. The largest absolute Gasteiger partial charge is 0.497 e. The summed E-state index contributed by atoms with van der Waals surface area (Å²) in [5, 5.41) is 14.0. The van der Waals surface area contributed by atoms with Crippen LogP contribution >= 0.6 is 11.6 Å². The normalized spacial score (nSPS) is 11.8. The van der Waals surface area contributed by atoms with Crippen molar-refractivity contribution in [2.75, 3.05) is 12.4 Å². The predicted octanol–water partition coefficient (Wildman–Crippen LogP) is 4.98. The van der Waals surface area contributed by atoms with Crippen molar-refractivity contribution in [1.82, 2.24) is 19.3 Å². The van der Waals surface area contributed by atoms with Crippen LogP contribution in [0.5, 0.6) is 17.2 Å². The zero-order chi connectivity index (χ0) is 28.4. The molecule has 3 heterocycles. The van der Waals surface area contributed by atoms with Crippen LogP contribution in [0.25, 0.3) is 16.6 Å². The number of benzene rings is 2. The average molecular weight is 560 g/mol. The number of methoxy groups -OCH3 is 1. The molecule has 11 heteroatoms. The molecule has 0 saturated heterocycles. The van der Waals surface area contributed by atoms with Crippen LogP contribution < -0.4 is 20.3 Å². The molecule has 0 radical (unpaired) electrons. The van der Waals surface area contributed by atoms with E-state index in [0.717, 1.165) is 10.9 Å². The number of hydrogen-bond acceptors (Lipinski definition) is 7. The van der Waals surface area contributed by atoms with E-state index in [2.05, 4.69) is 15.3 Å². The molecule has 0 fully saturated rings. The topological polar surface area (TPSA) is 120 Å². The van der Waals surface area contributed by atoms with Crippen molar-refractivity contribution >= 4 is 34.2 Å². The summed E-state index contributed by atoms with van der Waals surface area (Å²) in [6.45, 7) is 3.35. The zero-order valence-corrected chi connectivity index (χ0v) is 22.7. The van der Waals surface area contributed by atoms with E-state index in [9.17, 15) is 14.7 Å². The fourth-order valence-electron chi connectivity index (χ4n) is 4.38. The van der Waals surface area contributed by atoms with Crippen LogP contribution in [0.3, 0.4) is 0 Å². The Morgan fingerprint density at radius 2 is 1.90 bits per heavy atom. The molecule has 0 aliphatic heterocycles. The average Bonchev–Trinajstić information content (AvgIpc) is 3.17. The quantitative estimate of drug-likeness (QED) is 0.275. The second kappa shape index (κ2) is 11.2. The van der Waals surface area contributed by atoms with Gasteiger partial charge in [0.25, 0.3) is 11.5 Å². The number of anilines is 1. The Labute approximate surface area is 234 Å². The first-order valence-corrected chi connectivity index (χ1v) is 12.8. The maximum atomic E-state index is 13.4. The van der Waals surface area contributed by atoms with E-state index in [0.29, 0.717) is 33.7 Å². The Morgan fingerprint density at radius 1 is 1.10 bits per heavy atom. The first-order valence-electron chi connectivity index (χ1n) is 12.4. The summed E-state index contributed by atoms with van der Waals surface area (Å²) in [5.74, 6) is 1.33. The fourth-order valence-corrected chi connectivity index (χ4v) is 4.57. The Kier molecular flexibility index (Phi) is 7.54. The molecule has 10 nitrogen and oxygen atoms in total. The van der Waals surface area contributed by atoms with E-state index >= 15 is 0 Å². The van der Waals surface area contributed by atoms with Gasteiger partial charge >= 0.3 is 0 Å². The van der Waals surface area contributed by atoms with Crippen LogP contribution in [0.2, 0.25) is 5.02 Å². The number of amides is 1. The molecule has 5 aromatic rings. The Hall–Kier alpha value is -4.67. The summed E-state index contributed by atoms with van der Waals surface area (Å²) in [6.07, 6.45) is 2.35. The van der Waals surface area contributed by atoms with Gasteiger partial charge in [-0.25, -0.2) is 9.67 Å². The molecule has 0 aliphatic rings. The first kappa shape index (κ1) is 26.9. The second-order valence-corrected chi connectivity index (χ2v) is 9.55. The summed E-state index contributed by atoms with van der Waals surface area (Å²) in [6, 6.07) is 17.2. The number of ether oxygens (including phenoxy) is 2. The third-order valence-electron chi connectivity index (χ3n) is 6.23. The third-order valence-corrected chi connectivity index (χ3v) is 6.46. The molecule has 1 unspecified atom stereocenters. The molecule has 1 atom stereocenters. The Bertz CT molecular complexity index is 1760. The molecule has 0 aliphatic carbocycles. The van der Waals surface area contributed by atoms with Crippen LogP contribution in [0.15, 0.2) is 77.9 Å². The van der Waals surface area contributed by atoms with Crippen molar-refractivity contribution in [3.63, 3.8) is 0 Å². The monoisotopic (exact) mass is 559 g/mol. The summed E-state index contributed by atoms with van der Waals surface area (Å²) in [5.41, 5.74) is 0.974. The lowest BCUT2D eigenvalue weighted by molar-refractivity contribution is 0.102. The van der Waals surface area contributed by atoms with Crippen molar-refractivity contribution in [3.05, 3.63) is 99.7 Å². The molecule has 0 bridgehead atoms. The minimum atomic E-state index is -0.763. The number of aliphatic hydroxyl groups is 1. The van der Waals surface area contributed by atoms with E-state index < -0.39 is 17.6 Å². The standard InChI is InChI=1S/C29H26ClN5O5/c1-17(36)16-34-18(2)27(29(38)35(34)20-6-4-5-19(30)13-20)28(37)33-26-10-8-22(15-32-26)40-25-11-12-31-24-14-21(39-3)7-9-23(24)25/h4-15,17,36H,16H2,1-3H3,(H,32,33,37). The summed E-state index contributed by atoms with van der Waals surface area (Å²) in [4.78, 5) is 35.4. The number of nitrogens with zero attached hydrogens (tertiary/aromatic N) is 4. The van der Waals surface area contributed by atoms with Crippen molar-refractivity contribution in [2.45, 2.75) is 26.5 Å². The molecule has 1 amide bonds. The highest BCUT2D eigenvalue weighted by Crippen LogP contribution is 2.31. The predicted molar refractivity (Wildman–Crippen MR) is 152 cm³/mol. The fraction of sp³-hybridized carbons (Fsp3) is 0.172. The molecule has 5 rings (SSSR count). The van der Waals surface area contributed by atoms with Gasteiger partial charge in [0.1, 0.15) is 28.6 Å². The van der Waals surface area contributed by atoms with Gasteiger partial charge in [0.05, 0.1) is 42.9 Å². The van der Waals surface area contributed by atoms with Gasteiger partial charge in [-0.05, 0) is 62.4 Å². The Morgan fingerprint density at radius 3 is 2.60 bits per heavy atom. The van der Waals surface area contributed by atoms with Crippen molar-refractivity contribution in [1.29, 1.82) is 0 Å². The summed E-state index contributed by atoms with van der Waals surface area (Å²) >= 11 is 6.15.